The number of nitriles is 2. The second-order valence-electron chi connectivity index (χ2n) is 9.12. The topological polar surface area (TPSA) is 133 Å². The summed E-state index contributed by atoms with van der Waals surface area (Å²) < 4.78 is 5.75. The van der Waals surface area contributed by atoms with E-state index in [1.54, 1.807) is 46.3 Å². The third kappa shape index (κ3) is 5.81. The number of aliphatic imine (C=N–C) groups is 1. The van der Waals surface area contributed by atoms with E-state index in [1.807, 2.05) is 25.1 Å². The van der Waals surface area contributed by atoms with Crippen molar-refractivity contribution in [3.8, 4) is 18.0 Å². The standard InChI is InChI=1S/C27H28N6O4/c1-19-15-20(16-28)7-8-24(19)31-11-13-32(14-12-31)25(34)22-9-10-33(17-23(22)26(35)36)27(30-18-29)37-21-5-3-2-4-6-21/h2-8,15,22-23H,9-14,17H2,1H3,(H,35,36)/t22-,23-/m0/s1. The van der Waals surface area contributed by atoms with Gasteiger partial charge in [0.25, 0.3) is 0 Å². The molecule has 2 atom stereocenters. The minimum absolute atomic E-state index is 0.0173. The molecule has 37 heavy (non-hydrogen) atoms. The van der Waals surface area contributed by atoms with Crippen molar-refractivity contribution in [3.63, 3.8) is 0 Å². The van der Waals surface area contributed by atoms with Gasteiger partial charge in [0.05, 0.1) is 23.5 Å². The van der Waals surface area contributed by atoms with Crippen LogP contribution in [0.3, 0.4) is 0 Å². The number of hydrogen-bond acceptors (Lipinski definition) is 7. The third-order valence-corrected chi connectivity index (χ3v) is 6.87. The number of aliphatic carboxylic acids is 1. The Morgan fingerprint density at radius 2 is 1.73 bits per heavy atom. The highest BCUT2D eigenvalue weighted by atomic mass is 16.5. The summed E-state index contributed by atoms with van der Waals surface area (Å²) in [6.07, 6.45) is 2.03. The van der Waals surface area contributed by atoms with Crippen LogP contribution in [0.1, 0.15) is 17.5 Å². The number of carboxylic acids is 1. The van der Waals surface area contributed by atoms with E-state index in [-0.39, 0.29) is 18.5 Å². The Morgan fingerprint density at radius 3 is 2.35 bits per heavy atom. The minimum Gasteiger partial charge on any atom is -0.481 e. The number of aryl methyl sites for hydroxylation is 1. The van der Waals surface area contributed by atoms with Crippen LogP contribution >= 0.6 is 0 Å². The molecule has 10 heteroatoms. The molecule has 190 valence electrons. The normalized spacial score (nSPS) is 20.1. The highest BCUT2D eigenvalue weighted by Crippen LogP contribution is 2.29. The second-order valence-corrected chi connectivity index (χ2v) is 9.12. The number of carbonyl (C=O) groups is 2. The zero-order valence-corrected chi connectivity index (χ0v) is 20.6. The number of piperazine rings is 1. The number of para-hydroxylation sites is 1. The first-order chi connectivity index (χ1) is 17.9. The molecule has 2 fully saturated rings. The molecular weight excluding hydrogens is 472 g/mol. The van der Waals surface area contributed by atoms with Gasteiger partial charge >= 0.3 is 12.0 Å². The van der Waals surface area contributed by atoms with E-state index in [0.717, 1.165) is 11.3 Å². The first kappa shape index (κ1) is 25.5. The summed E-state index contributed by atoms with van der Waals surface area (Å²) in [5.41, 5.74) is 2.65. The average molecular weight is 501 g/mol. The summed E-state index contributed by atoms with van der Waals surface area (Å²) in [4.78, 5) is 34.9. The van der Waals surface area contributed by atoms with Crippen LogP contribution in [0.25, 0.3) is 0 Å². The van der Waals surface area contributed by atoms with Gasteiger partial charge in [-0.2, -0.15) is 10.5 Å². The van der Waals surface area contributed by atoms with Crippen LogP contribution in [0.15, 0.2) is 53.5 Å². The van der Waals surface area contributed by atoms with Crippen LogP contribution in [0, 0.1) is 41.5 Å². The van der Waals surface area contributed by atoms with Crippen molar-refractivity contribution >= 4 is 23.6 Å². The summed E-state index contributed by atoms with van der Waals surface area (Å²) in [7, 11) is 0. The lowest BCUT2D eigenvalue weighted by molar-refractivity contribution is -0.153. The molecule has 2 aliphatic rings. The summed E-state index contributed by atoms with van der Waals surface area (Å²) >= 11 is 0. The Morgan fingerprint density at radius 1 is 1.00 bits per heavy atom. The number of ether oxygens (including phenoxy) is 1. The Hall–Kier alpha value is -4.57. The number of benzene rings is 2. The molecule has 2 saturated heterocycles. The fraction of sp³-hybridized carbons (Fsp3) is 0.370. The van der Waals surface area contributed by atoms with Gasteiger partial charge in [0.1, 0.15) is 5.75 Å². The first-order valence-corrected chi connectivity index (χ1v) is 12.1. The number of nitrogens with zero attached hydrogens (tertiary/aromatic N) is 6. The van der Waals surface area contributed by atoms with E-state index in [2.05, 4.69) is 16.0 Å². The van der Waals surface area contributed by atoms with Gasteiger partial charge in [-0.1, -0.05) is 18.2 Å². The minimum atomic E-state index is -1.06. The number of rotatable bonds is 4. The molecule has 2 heterocycles. The summed E-state index contributed by atoms with van der Waals surface area (Å²) in [6.45, 7) is 4.55. The van der Waals surface area contributed by atoms with E-state index in [0.29, 0.717) is 50.5 Å². The van der Waals surface area contributed by atoms with Crippen LogP contribution in [0.2, 0.25) is 0 Å². The number of likely N-dealkylation sites (tertiary alicyclic amines) is 1. The Kier molecular flexibility index (Phi) is 7.89. The van der Waals surface area contributed by atoms with E-state index in [1.165, 1.54) is 0 Å². The molecule has 0 bridgehead atoms. The van der Waals surface area contributed by atoms with Crippen LogP contribution in [0.5, 0.6) is 5.75 Å². The molecule has 0 unspecified atom stereocenters. The summed E-state index contributed by atoms with van der Waals surface area (Å²) in [5, 5.41) is 28.2. The van der Waals surface area contributed by atoms with Crippen LogP contribution < -0.4 is 9.64 Å². The monoisotopic (exact) mass is 500 g/mol. The van der Waals surface area contributed by atoms with Gasteiger partial charge in [-0.25, -0.2) is 0 Å². The molecule has 4 rings (SSSR count). The van der Waals surface area contributed by atoms with Crippen molar-refractivity contribution in [2.45, 2.75) is 13.3 Å². The highest BCUT2D eigenvalue weighted by Gasteiger charge is 2.42. The number of hydrogen-bond donors (Lipinski definition) is 1. The van der Waals surface area contributed by atoms with Gasteiger partial charge in [0, 0.05) is 45.0 Å². The Balaban J connectivity index is 1.41. The number of anilines is 1. The maximum Gasteiger partial charge on any atom is 0.309 e. The molecular formula is C27H28N6O4. The van der Waals surface area contributed by atoms with Crippen molar-refractivity contribution in [2.75, 3.05) is 44.2 Å². The molecule has 1 amide bonds. The van der Waals surface area contributed by atoms with E-state index >= 15 is 0 Å². The first-order valence-electron chi connectivity index (χ1n) is 12.1. The number of carbonyl (C=O) groups excluding carboxylic acids is 1. The zero-order chi connectivity index (χ0) is 26.4. The molecule has 0 aromatic heterocycles. The van der Waals surface area contributed by atoms with Gasteiger partial charge in [0.2, 0.25) is 12.1 Å². The molecule has 0 spiro atoms. The number of amidine groups is 1. The summed E-state index contributed by atoms with van der Waals surface area (Å²) in [6, 6.07) is 16.6. The van der Waals surface area contributed by atoms with E-state index in [4.69, 9.17) is 15.3 Å². The van der Waals surface area contributed by atoms with Crippen molar-refractivity contribution < 1.29 is 19.4 Å². The lowest BCUT2D eigenvalue weighted by Gasteiger charge is -2.41. The number of piperidine rings is 1. The van der Waals surface area contributed by atoms with Gasteiger partial charge < -0.3 is 24.5 Å². The SMILES string of the molecule is Cc1cc(C#N)ccc1N1CCN(C(=O)[C@H]2CCN(C(=NC#N)Oc3ccccc3)C[C@@H]2C(=O)O)CC1. The lowest BCUT2D eigenvalue weighted by Crippen LogP contribution is -2.55. The number of carboxylic acid groups (broad SMARTS) is 1. The van der Waals surface area contributed by atoms with Gasteiger partial charge in [0.15, 0.2) is 0 Å². The molecule has 2 aromatic rings. The molecule has 2 aromatic carbocycles. The number of amides is 1. The molecule has 1 N–H and O–H groups in total. The Bertz CT molecular complexity index is 1260. The molecule has 0 saturated carbocycles. The maximum absolute atomic E-state index is 13.4. The summed E-state index contributed by atoms with van der Waals surface area (Å²) in [5.74, 6) is -2.37. The average Bonchev–Trinajstić information content (AvgIpc) is 2.92. The predicted molar refractivity (Wildman–Crippen MR) is 136 cm³/mol. The molecule has 0 radical (unpaired) electrons. The lowest BCUT2D eigenvalue weighted by atomic mass is 9.84. The largest absolute Gasteiger partial charge is 0.481 e. The van der Waals surface area contributed by atoms with Crippen molar-refractivity contribution in [2.24, 2.45) is 16.8 Å². The van der Waals surface area contributed by atoms with Crippen LogP contribution in [-0.2, 0) is 9.59 Å². The molecule has 2 aliphatic heterocycles. The predicted octanol–water partition coefficient (Wildman–Crippen LogP) is 2.45. The van der Waals surface area contributed by atoms with Crippen molar-refractivity contribution in [1.29, 1.82) is 10.5 Å². The molecule has 0 aliphatic carbocycles. The smallest absolute Gasteiger partial charge is 0.309 e. The highest BCUT2D eigenvalue weighted by molar-refractivity contribution is 5.86. The van der Waals surface area contributed by atoms with E-state index in [9.17, 15) is 14.7 Å². The van der Waals surface area contributed by atoms with Crippen molar-refractivity contribution in [3.05, 3.63) is 59.7 Å². The maximum atomic E-state index is 13.4. The fourth-order valence-electron chi connectivity index (χ4n) is 4.95. The Labute approximate surface area is 215 Å². The van der Waals surface area contributed by atoms with E-state index < -0.39 is 17.8 Å². The quantitative estimate of drug-likeness (QED) is 0.385. The van der Waals surface area contributed by atoms with Crippen LogP contribution in [-0.4, -0.2) is 72.1 Å². The van der Waals surface area contributed by atoms with Gasteiger partial charge in [-0.05, 0) is 49.2 Å². The van der Waals surface area contributed by atoms with Gasteiger partial charge in [-0.3, -0.25) is 9.59 Å². The second kappa shape index (κ2) is 11.4. The third-order valence-electron chi connectivity index (χ3n) is 6.87. The van der Waals surface area contributed by atoms with Crippen molar-refractivity contribution in [1.82, 2.24) is 9.80 Å². The fourth-order valence-corrected chi connectivity index (χ4v) is 4.95. The van der Waals surface area contributed by atoms with Crippen LogP contribution in [0.4, 0.5) is 5.69 Å². The zero-order valence-electron chi connectivity index (χ0n) is 20.6. The molecule has 10 nitrogen and oxygen atoms in total. The van der Waals surface area contributed by atoms with Gasteiger partial charge in [-0.15, -0.1) is 4.99 Å².